The Morgan fingerprint density at radius 3 is 0.861 bits per heavy atom. The molecule has 3 aromatic heterocycles. The first-order chi connectivity index (χ1) is 55.9. The van der Waals surface area contributed by atoms with Gasteiger partial charge in [0, 0.05) is 51.6 Å². The Morgan fingerprint density at radius 2 is 0.539 bits per heavy atom. The van der Waals surface area contributed by atoms with Crippen LogP contribution in [0, 0.1) is 49.9 Å². The molecule has 0 amide bonds. The lowest BCUT2D eigenvalue weighted by Gasteiger charge is -2.43. The van der Waals surface area contributed by atoms with Gasteiger partial charge in [0.1, 0.15) is 21.1 Å². The molecular weight excluding hydrogens is 1390 g/mol. The molecule has 0 unspecified atom stereocenters. The van der Waals surface area contributed by atoms with Crippen LogP contribution in [0.15, 0.2) is 219 Å². The summed E-state index contributed by atoms with van der Waals surface area (Å²) in [6, 6.07) is 76.8. The van der Waals surface area contributed by atoms with E-state index in [2.05, 4.69) is 316 Å². The summed E-state index contributed by atoms with van der Waals surface area (Å²) in [5.41, 5.74) is 29.3. The number of fused-ring (bicyclic) bond motifs is 3. The number of nitrogens with zero attached hydrogens (tertiary/aromatic N) is 3. The van der Waals surface area contributed by atoms with Crippen LogP contribution in [-0.4, -0.2) is 0 Å². The molecule has 6 aliphatic carbocycles. The second-order valence-corrected chi connectivity index (χ2v) is 38.3. The lowest BCUT2D eigenvalue weighted by Crippen LogP contribution is -2.32. The van der Waals surface area contributed by atoms with Crippen molar-refractivity contribution in [2.45, 2.75) is 265 Å². The van der Waals surface area contributed by atoms with Gasteiger partial charge in [-0.2, -0.15) is 0 Å². The Kier molecular flexibility index (Phi) is 24.8. The third-order valence-electron chi connectivity index (χ3n) is 29.9. The zero-order valence-corrected chi connectivity index (χ0v) is 72.3. The van der Waals surface area contributed by atoms with E-state index in [1.807, 2.05) is 0 Å². The number of pyridine rings is 3. The Morgan fingerprint density at radius 1 is 0.261 bits per heavy atom. The summed E-state index contributed by atoms with van der Waals surface area (Å²) in [7, 11) is 6.54. The topological polar surface area (TPSA) is 11.6 Å². The fourth-order valence-corrected chi connectivity index (χ4v) is 22.8. The molecule has 6 aliphatic rings. The number of rotatable bonds is 14. The second kappa shape index (κ2) is 35.6. The third-order valence-corrected chi connectivity index (χ3v) is 29.9. The van der Waals surface area contributed by atoms with Gasteiger partial charge < -0.3 is 0 Å². The average Bonchev–Trinajstić information content (AvgIpc) is 1.20. The van der Waals surface area contributed by atoms with Gasteiger partial charge in [0.2, 0.25) is 17.1 Å². The summed E-state index contributed by atoms with van der Waals surface area (Å²) in [4.78, 5) is 0. The highest BCUT2D eigenvalue weighted by Crippen LogP contribution is 2.52. The Labute approximate surface area is 692 Å². The molecule has 3 nitrogen and oxygen atoms in total. The molecule has 3 heteroatoms. The largest absolute Gasteiger partial charge is 0.213 e. The zero-order valence-electron chi connectivity index (χ0n) is 72.3. The maximum atomic E-state index is 2.50. The molecule has 0 bridgehead atoms. The van der Waals surface area contributed by atoms with Crippen LogP contribution in [0.1, 0.15) is 294 Å². The standard InChI is InChI=1S/C38H46N.2C37H44N/c1-26(2)37-25-39(4)38(35-13-9-8-10-27(35)3)24-36(37)34-21-20-32-22-31(18-19-33(32)23-34)30-16-14-29(15-17-30)28-11-6-5-7-12-28;1-26(2)35-25-38(4)36(33-11-7-6-10-27(33)3)24-34(35)32-15-14-30-22-29(12-13-31(30)23-32)28-16-20-37(21-17-28)18-8-5-9-19-37;1-25(2)36-24-38(4)37(34-12-8-5-9-26(34)3)23-35(36)33-20-19-31-21-30(17-18-32(31)22-33)29-15-13-28(14-16-29)27-10-6-7-11-27/h8-10,13,18-26,28-30H,5-7,11-12,14-17H2,1-4H3;6-7,10-15,22-26,28H,5,8-9,16-21H2,1-4H3;5,8-9,12,17-25,27-29H,6-7,10-11,13-16H2,1-4H3/q3*+1. The number of aromatic nitrogens is 3. The minimum absolute atomic E-state index is 0.457. The van der Waals surface area contributed by atoms with Crippen molar-refractivity contribution in [2.75, 3.05) is 0 Å². The summed E-state index contributed by atoms with van der Waals surface area (Å²) in [6.07, 6.45) is 44.7. The van der Waals surface area contributed by atoms with E-state index >= 15 is 0 Å². The van der Waals surface area contributed by atoms with Crippen molar-refractivity contribution < 1.29 is 13.7 Å². The van der Waals surface area contributed by atoms with Gasteiger partial charge in [-0.05, 0) is 311 Å². The van der Waals surface area contributed by atoms with Crippen LogP contribution in [0.4, 0.5) is 0 Å². The molecule has 3 heterocycles. The van der Waals surface area contributed by atoms with Gasteiger partial charge >= 0.3 is 0 Å². The van der Waals surface area contributed by atoms with Crippen molar-refractivity contribution in [3.05, 3.63) is 269 Å². The minimum Gasteiger partial charge on any atom is -0.201 e. The first kappa shape index (κ1) is 80.0. The van der Waals surface area contributed by atoms with Crippen molar-refractivity contribution in [3.63, 3.8) is 0 Å². The monoisotopic (exact) mass is 1520 g/mol. The van der Waals surface area contributed by atoms with Crippen LogP contribution < -0.4 is 13.7 Å². The summed E-state index contributed by atoms with van der Waals surface area (Å²) in [5, 5.41) is 8.22. The van der Waals surface area contributed by atoms with Crippen LogP contribution >= 0.6 is 0 Å². The van der Waals surface area contributed by atoms with Gasteiger partial charge in [0.15, 0.2) is 18.6 Å². The molecule has 0 atom stereocenters. The van der Waals surface area contributed by atoms with Crippen molar-refractivity contribution >= 4 is 32.3 Å². The summed E-state index contributed by atoms with van der Waals surface area (Å²) < 4.78 is 6.91. The predicted octanol–water partition coefficient (Wildman–Crippen LogP) is 30.2. The highest BCUT2D eigenvalue weighted by Gasteiger charge is 2.38. The summed E-state index contributed by atoms with van der Waals surface area (Å²) in [6.45, 7) is 20.5. The molecule has 1 spiro atoms. The fraction of sp³-hybridized carbons (Fsp3) is 0.438. The van der Waals surface area contributed by atoms with E-state index < -0.39 is 0 Å². The number of benzene rings is 9. The second-order valence-electron chi connectivity index (χ2n) is 38.3. The summed E-state index contributed by atoms with van der Waals surface area (Å²) >= 11 is 0. The zero-order chi connectivity index (χ0) is 79.4. The minimum atomic E-state index is 0.457. The quantitative estimate of drug-likeness (QED) is 0.0962. The number of hydrogen-bond donors (Lipinski definition) is 0. The molecule has 18 rings (SSSR count). The van der Waals surface area contributed by atoms with E-state index in [9.17, 15) is 0 Å². The van der Waals surface area contributed by atoms with Gasteiger partial charge in [-0.15, -0.1) is 0 Å². The third kappa shape index (κ3) is 17.8. The van der Waals surface area contributed by atoms with Crippen LogP contribution in [0.2, 0.25) is 0 Å². The molecule has 6 saturated carbocycles. The smallest absolute Gasteiger partial charge is 0.201 e. The van der Waals surface area contributed by atoms with Gasteiger partial charge in [-0.3, -0.25) is 0 Å². The van der Waals surface area contributed by atoms with Crippen molar-refractivity contribution in [2.24, 2.45) is 50.2 Å². The SMILES string of the molecule is Cc1ccccc1-c1cc(-c2ccc3cc(C4CCC(C5CCCC5)CC4)ccc3c2)c(C(C)C)c[n+]1C.Cc1ccccc1-c1cc(-c2ccc3cc(C4CCC(C5CCCCC5)CC4)ccc3c2)c(C(C)C)c[n+]1C.Cc1ccccc1-c1cc(-c2ccc3cc(C4CCC5(CCCCC5)CC4)ccc3c2)c(C(C)C)c[n+]1C. The molecule has 0 saturated heterocycles. The van der Waals surface area contributed by atoms with E-state index in [1.54, 1.807) is 16.7 Å². The van der Waals surface area contributed by atoms with E-state index in [1.165, 1.54) is 300 Å². The van der Waals surface area contributed by atoms with Crippen LogP contribution in [0.3, 0.4) is 0 Å². The lowest BCUT2D eigenvalue weighted by atomic mass is 9.62. The highest BCUT2D eigenvalue weighted by atomic mass is 14.9. The summed E-state index contributed by atoms with van der Waals surface area (Å²) in [5.74, 6) is 7.66. The lowest BCUT2D eigenvalue weighted by molar-refractivity contribution is -0.660. The maximum absolute atomic E-state index is 2.50. The molecular formula is C112H134N3+3. The van der Waals surface area contributed by atoms with E-state index in [0.29, 0.717) is 23.2 Å². The first-order valence-electron chi connectivity index (χ1n) is 45.8. The predicted molar refractivity (Wildman–Crippen MR) is 489 cm³/mol. The van der Waals surface area contributed by atoms with Crippen molar-refractivity contribution in [1.82, 2.24) is 0 Å². The molecule has 6 fully saturated rings. The molecule has 12 aromatic rings. The maximum Gasteiger partial charge on any atom is 0.213 e. The fourth-order valence-electron chi connectivity index (χ4n) is 22.8. The first-order valence-corrected chi connectivity index (χ1v) is 45.8. The highest BCUT2D eigenvalue weighted by molar-refractivity contribution is 5.92. The molecule has 0 N–H and O–H groups in total. The van der Waals surface area contributed by atoms with Crippen molar-refractivity contribution in [3.8, 4) is 67.2 Å². The Balaban J connectivity index is 0.000000130. The van der Waals surface area contributed by atoms with Crippen LogP contribution in [-0.2, 0) is 21.1 Å². The Bertz CT molecular complexity index is 5380. The van der Waals surface area contributed by atoms with Gasteiger partial charge in [0.05, 0.1) is 0 Å². The molecule has 0 aliphatic heterocycles. The molecule has 594 valence electrons. The van der Waals surface area contributed by atoms with Crippen LogP contribution in [0.5, 0.6) is 0 Å². The van der Waals surface area contributed by atoms with Gasteiger partial charge in [-0.1, -0.05) is 264 Å². The molecule has 115 heavy (non-hydrogen) atoms. The molecule has 9 aromatic carbocycles. The van der Waals surface area contributed by atoms with Crippen LogP contribution in [0.25, 0.3) is 99.5 Å². The van der Waals surface area contributed by atoms with E-state index in [4.69, 9.17) is 0 Å². The Hall–Kier alpha value is -8.79. The molecule has 0 radical (unpaired) electrons. The van der Waals surface area contributed by atoms with Gasteiger partial charge in [-0.25, -0.2) is 13.7 Å². The number of aryl methyl sites for hydroxylation is 6. The van der Waals surface area contributed by atoms with Crippen molar-refractivity contribution in [1.29, 1.82) is 0 Å². The van der Waals surface area contributed by atoms with E-state index in [0.717, 1.165) is 41.4 Å². The van der Waals surface area contributed by atoms with Gasteiger partial charge in [0.25, 0.3) is 0 Å². The number of hydrogen-bond acceptors (Lipinski definition) is 0. The van der Waals surface area contributed by atoms with E-state index in [-0.39, 0.29) is 0 Å². The average molecular weight is 1520 g/mol. The normalized spacial score (nSPS) is 19.6.